The fourth-order valence-corrected chi connectivity index (χ4v) is 2.22. The molecule has 2 atom stereocenters. The lowest BCUT2D eigenvalue weighted by Crippen LogP contribution is -2.45. The molecule has 88 valence electrons. The molecule has 0 saturated carbocycles. The topological polar surface area (TPSA) is 47.3 Å². The van der Waals surface area contributed by atoms with Crippen molar-refractivity contribution in [3.63, 3.8) is 0 Å². The lowest BCUT2D eigenvalue weighted by molar-refractivity contribution is 0.0784. The second-order valence-corrected chi connectivity index (χ2v) is 4.59. The van der Waals surface area contributed by atoms with E-state index in [1.165, 1.54) is 5.56 Å². The van der Waals surface area contributed by atoms with Crippen molar-refractivity contribution in [3.05, 3.63) is 34.9 Å². The number of hydrogen-bond donors (Lipinski definition) is 2. The maximum absolute atomic E-state index is 5.84. The molecule has 16 heavy (non-hydrogen) atoms. The third kappa shape index (κ3) is 2.95. The van der Waals surface area contributed by atoms with E-state index in [0.717, 1.165) is 30.9 Å². The van der Waals surface area contributed by atoms with Crippen molar-refractivity contribution in [3.8, 4) is 0 Å². The summed E-state index contributed by atoms with van der Waals surface area (Å²) < 4.78 is 5.63. The van der Waals surface area contributed by atoms with Crippen LogP contribution in [0, 0.1) is 0 Å². The van der Waals surface area contributed by atoms with E-state index < -0.39 is 0 Å². The largest absolute Gasteiger partial charge is 0.377 e. The highest BCUT2D eigenvalue weighted by Gasteiger charge is 2.24. The van der Waals surface area contributed by atoms with Crippen LogP contribution in [-0.2, 0) is 11.2 Å². The first-order valence-electron chi connectivity index (χ1n) is 5.62. The summed E-state index contributed by atoms with van der Waals surface area (Å²) in [6, 6.07) is 8.05. The van der Waals surface area contributed by atoms with E-state index in [1.54, 1.807) is 0 Å². The maximum atomic E-state index is 5.84. The first kappa shape index (κ1) is 11.9. The summed E-state index contributed by atoms with van der Waals surface area (Å²) in [4.78, 5) is 0. The van der Waals surface area contributed by atoms with Crippen molar-refractivity contribution >= 4 is 11.6 Å². The monoisotopic (exact) mass is 240 g/mol. The number of halogens is 1. The molecule has 0 radical (unpaired) electrons. The number of rotatable bonds is 4. The number of benzene rings is 1. The third-order valence-corrected chi connectivity index (χ3v) is 3.25. The van der Waals surface area contributed by atoms with Gasteiger partial charge in [0.05, 0.1) is 12.1 Å². The minimum Gasteiger partial charge on any atom is -0.377 e. The van der Waals surface area contributed by atoms with E-state index in [2.05, 4.69) is 5.43 Å². The van der Waals surface area contributed by atoms with Crippen LogP contribution in [0.25, 0.3) is 0 Å². The molecule has 0 aromatic heterocycles. The molecule has 3 N–H and O–H groups in total. The van der Waals surface area contributed by atoms with Gasteiger partial charge in [0.25, 0.3) is 0 Å². The number of hydrazine groups is 1. The van der Waals surface area contributed by atoms with Gasteiger partial charge in [-0.2, -0.15) is 0 Å². The van der Waals surface area contributed by atoms with Gasteiger partial charge in [0, 0.05) is 11.6 Å². The van der Waals surface area contributed by atoms with Gasteiger partial charge in [-0.1, -0.05) is 23.7 Å². The first-order valence-corrected chi connectivity index (χ1v) is 5.99. The highest BCUT2D eigenvalue weighted by Crippen LogP contribution is 2.19. The Hall–Kier alpha value is -0.610. The van der Waals surface area contributed by atoms with E-state index in [0.29, 0.717) is 0 Å². The third-order valence-electron chi connectivity index (χ3n) is 3.00. The molecule has 4 heteroatoms. The van der Waals surface area contributed by atoms with Gasteiger partial charge in [0.2, 0.25) is 0 Å². The Morgan fingerprint density at radius 2 is 2.19 bits per heavy atom. The van der Waals surface area contributed by atoms with E-state index in [1.807, 2.05) is 24.3 Å². The van der Waals surface area contributed by atoms with E-state index in [-0.39, 0.29) is 12.1 Å². The van der Waals surface area contributed by atoms with Crippen LogP contribution in [0.3, 0.4) is 0 Å². The SMILES string of the molecule is NNC(Cc1ccc(Cl)cc1)C1CCCO1. The maximum Gasteiger partial charge on any atom is 0.0745 e. The van der Waals surface area contributed by atoms with E-state index in [9.17, 15) is 0 Å². The van der Waals surface area contributed by atoms with Gasteiger partial charge in [-0.15, -0.1) is 0 Å². The molecule has 3 nitrogen and oxygen atoms in total. The van der Waals surface area contributed by atoms with Crippen LogP contribution in [0.15, 0.2) is 24.3 Å². The van der Waals surface area contributed by atoms with Crippen LogP contribution >= 0.6 is 11.6 Å². The summed E-state index contributed by atoms with van der Waals surface area (Å²) in [7, 11) is 0. The zero-order chi connectivity index (χ0) is 11.4. The molecular formula is C12H17ClN2O. The molecule has 1 saturated heterocycles. The van der Waals surface area contributed by atoms with Gasteiger partial charge in [-0.3, -0.25) is 11.3 Å². The summed E-state index contributed by atoms with van der Waals surface area (Å²) in [5.41, 5.74) is 4.07. The van der Waals surface area contributed by atoms with Gasteiger partial charge in [0.1, 0.15) is 0 Å². The quantitative estimate of drug-likeness (QED) is 0.624. The molecule has 1 fully saturated rings. The molecule has 2 rings (SSSR count). The highest BCUT2D eigenvalue weighted by atomic mass is 35.5. The minimum atomic E-state index is 0.184. The number of hydrogen-bond acceptors (Lipinski definition) is 3. The number of nitrogens with one attached hydrogen (secondary N) is 1. The molecule has 0 amide bonds. The van der Waals surface area contributed by atoms with Crippen molar-refractivity contribution in [2.45, 2.75) is 31.4 Å². The van der Waals surface area contributed by atoms with Crippen LogP contribution < -0.4 is 11.3 Å². The number of ether oxygens (including phenoxy) is 1. The minimum absolute atomic E-state index is 0.184. The molecule has 1 aromatic carbocycles. The molecule has 0 bridgehead atoms. The average molecular weight is 241 g/mol. The first-order chi connectivity index (χ1) is 7.79. The van der Waals surface area contributed by atoms with Gasteiger partial charge in [0.15, 0.2) is 0 Å². The molecule has 0 aliphatic carbocycles. The lowest BCUT2D eigenvalue weighted by Gasteiger charge is -2.22. The van der Waals surface area contributed by atoms with E-state index >= 15 is 0 Å². The van der Waals surface area contributed by atoms with Crippen molar-refractivity contribution in [2.75, 3.05) is 6.61 Å². The van der Waals surface area contributed by atoms with Crippen molar-refractivity contribution in [1.29, 1.82) is 0 Å². The Morgan fingerprint density at radius 1 is 1.44 bits per heavy atom. The van der Waals surface area contributed by atoms with Crippen LogP contribution in [0.4, 0.5) is 0 Å². The van der Waals surface area contributed by atoms with Crippen LogP contribution in [0.1, 0.15) is 18.4 Å². The van der Waals surface area contributed by atoms with Crippen molar-refractivity contribution < 1.29 is 4.74 Å². The Bertz CT molecular complexity index is 322. The standard InChI is InChI=1S/C12H17ClN2O/c13-10-5-3-9(4-6-10)8-11(15-14)12-2-1-7-16-12/h3-6,11-12,15H,1-2,7-8,14H2. The van der Waals surface area contributed by atoms with E-state index in [4.69, 9.17) is 22.2 Å². The molecule has 0 spiro atoms. The fourth-order valence-electron chi connectivity index (χ4n) is 2.09. The van der Waals surface area contributed by atoms with Crippen molar-refractivity contribution in [2.24, 2.45) is 5.84 Å². The molecule has 2 unspecified atom stereocenters. The zero-order valence-corrected chi connectivity index (χ0v) is 9.91. The Kier molecular flexibility index (Phi) is 4.18. The molecule has 1 aliphatic rings. The number of nitrogens with two attached hydrogens (primary N) is 1. The summed E-state index contributed by atoms with van der Waals surface area (Å²) >= 11 is 5.84. The zero-order valence-electron chi connectivity index (χ0n) is 9.16. The fraction of sp³-hybridized carbons (Fsp3) is 0.500. The summed E-state index contributed by atoms with van der Waals surface area (Å²) in [6.45, 7) is 0.851. The molecule has 1 heterocycles. The summed E-state index contributed by atoms with van der Waals surface area (Å²) in [5, 5.41) is 0.762. The Morgan fingerprint density at radius 3 is 2.75 bits per heavy atom. The molecular weight excluding hydrogens is 224 g/mol. The van der Waals surface area contributed by atoms with Crippen LogP contribution in [0.5, 0.6) is 0 Å². The average Bonchev–Trinajstić information content (AvgIpc) is 2.82. The van der Waals surface area contributed by atoms with Gasteiger partial charge in [-0.25, -0.2) is 0 Å². The van der Waals surface area contributed by atoms with Crippen LogP contribution in [-0.4, -0.2) is 18.8 Å². The smallest absolute Gasteiger partial charge is 0.0745 e. The van der Waals surface area contributed by atoms with Crippen LogP contribution in [0.2, 0.25) is 5.02 Å². The van der Waals surface area contributed by atoms with Gasteiger partial charge in [-0.05, 0) is 37.0 Å². The van der Waals surface area contributed by atoms with Gasteiger partial charge >= 0.3 is 0 Å². The summed E-state index contributed by atoms with van der Waals surface area (Å²) in [6.07, 6.45) is 3.32. The summed E-state index contributed by atoms with van der Waals surface area (Å²) in [5.74, 6) is 5.57. The second-order valence-electron chi connectivity index (χ2n) is 4.16. The predicted octanol–water partition coefficient (Wildman–Crippen LogP) is 1.89. The molecule has 1 aliphatic heterocycles. The Balaban J connectivity index is 1.97. The Labute approximate surface area is 101 Å². The highest BCUT2D eigenvalue weighted by molar-refractivity contribution is 6.30. The van der Waals surface area contributed by atoms with Crippen molar-refractivity contribution in [1.82, 2.24) is 5.43 Å². The predicted molar refractivity (Wildman–Crippen MR) is 65.2 cm³/mol. The van der Waals surface area contributed by atoms with Gasteiger partial charge < -0.3 is 4.74 Å². The molecule has 1 aromatic rings. The normalized spacial score (nSPS) is 22.2. The second kappa shape index (κ2) is 5.64. The lowest BCUT2D eigenvalue weighted by atomic mass is 10.0.